The van der Waals surface area contributed by atoms with E-state index in [9.17, 15) is 0 Å². The van der Waals surface area contributed by atoms with Crippen molar-refractivity contribution >= 4 is 23.0 Å². The second kappa shape index (κ2) is 4.78. The number of aliphatic imine (C=N–C) groups is 2. The molecule has 0 radical (unpaired) electrons. The van der Waals surface area contributed by atoms with E-state index in [2.05, 4.69) is 9.98 Å². The molecule has 0 fully saturated rings. The maximum Gasteiger partial charge on any atom is 0.141 e. The summed E-state index contributed by atoms with van der Waals surface area (Å²) in [6, 6.07) is 0. The Balaban J connectivity index is 3.53. The normalized spacial score (nSPS) is 13.1. The molecule has 0 aromatic carbocycles. The highest BCUT2D eigenvalue weighted by atomic mass is 35.5. The van der Waals surface area contributed by atoms with Gasteiger partial charge in [-0.25, -0.2) is 0 Å². The van der Waals surface area contributed by atoms with Gasteiger partial charge in [0.05, 0.1) is 6.21 Å². The zero-order chi connectivity index (χ0) is 6.41. The van der Waals surface area contributed by atoms with Gasteiger partial charge >= 0.3 is 0 Å². The molecule has 0 bridgehead atoms. The molecule has 0 heterocycles. The molecule has 2 nitrogen and oxygen atoms in total. The summed E-state index contributed by atoms with van der Waals surface area (Å²) in [6.07, 6.45) is 1.54. The van der Waals surface area contributed by atoms with E-state index in [0.717, 1.165) is 6.54 Å². The minimum atomic E-state index is 0.451. The highest BCUT2D eigenvalue weighted by Gasteiger charge is 1.78. The Morgan fingerprint density at radius 1 is 1.75 bits per heavy atom. The number of hydrogen-bond donors (Lipinski definition) is 0. The zero-order valence-electron chi connectivity index (χ0n) is 5.06. The summed E-state index contributed by atoms with van der Waals surface area (Å²) in [5.74, 6) is 0. The van der Waals surface area contributed by atoms with E-state index >= 15 is 0 Å². The van der Waals surface area contributed by atoms with E-state index in [1.807, 2.05) is 6.92 Å². The average molecular weight is 133 g/mol. The molecule has 0 aromatic rings. The van der Waals surface area contributed by atoms with Crippen LogP contribution in [0.3, 0.4) is 0 Å². The van der Waals surface area contributed by atoms with Crippen molar-refractivity contribution in [1.29, 1.82) is 0 Å². The van der Waals surface area contributed by atoms with Gasteiger partial charge in [-0.05, 0) is 6.92 Å². The van der Waals surface area contributed by atoms with Crippen LogP contribution in [0.15, 0.2) is 9.98 Å². The minimum absolute atomic E-state index is 0.451. The highest BCUT2D eigenvalue weighted by molar-refractivity contribution is 6.79. The molecule has 0 amide bonds. The van der Waals surface area contributed by atoms with Crippen molar-refractivity contribution in [2.45, 2.75) is 6.92 Å². The largest absolute Gasteiger partial charge is 0.290 e. The number of rotatable bonds is 2. The second-order valence-corrected chi connectivity index (χ2v) is 1.56. The topological polar surface area (TPSA) is 24.7 Å². The van der Waals surface area contributed by atoms with Crippen molar-refractivity contribution < 1.29 is 0 Å². The summed E-state index contributed by atoms with van der Waals surface area (Å²) in [5.41, 5.74) is 0. The molecule has 0 atom stereocenters. The fourth-order valence-corrected chi connectivity index (χ4v) is 0.293. The molecule has 0 aliphatic rings. The molecular formula is C5H9ClN2. The predicted octanol–water partition coefficient (Wildman–Crippen LogP) is 1.34. The van der Waals surface area contributed by atoms with Crippen LogP contribution in [0.1, 0.15) is 6.92 Å². The molecule has 0 spiro atoms. The van der Waals surface area contributed by atoms with Crippen molar-refractivity contribution in [2.24, 2.45) is 9.98 Å². The fourth-order valence-electron chi connectivity index (χ4n) is 0.224. The van der Waals surface area contributed by atoms with E-state index in [4.69, 9.17) is 11.6 Å². The van der Waals surface area contributed by atoms with Crippen LogP contribution in [0.5, 0.6) is 0 Å². The van der Waals surface area contributed by atoms with E-state index in [1.165, 1.54) is 0 Å². The van der Waals surface area contributed by atoms with Crippen molar-refractivity contribution in [2.75, 3.05) is 13.6 Å². The molecule has 0 N–H and O–H groups in total. The van der Waals surface area contributed by atoms with Gasteiger partial charge in [-0.2, -0.15) is 0 Å². The summed E-state index contributed by atoms with van der Waals surface area (Å²) >= 11 is 5.44. The number of halogens is 1. The predicted molar refractivity (Wildman–Crippen MR) is 38.2 cm³/mol. The third kappa shape index (κ3) is 3.81. The molecule has 0 rings (SSSR count). The molecule has 0 unspecified atom stereocenters. The van der Waals surface area contributed by atoms with Gasteiger partial charge in [0.2, 0.25) is 0 Å². The minimum Gasteiger partial charge on any atom is -0.290 e. The van der Waals surface area contributed by atoms with Crippen molar-refractivity contribution in [3.63, 3.8) is 0 Å². The van der Waals surface area contributed by atoms with Crippen molar-refractivity contribution in [3.05, 3.63) is 0 Å². The van der Waals surface area contributed by atoms with Gasteiger partial charge in [0.25, 0.3) is 0 Å². The Bertz CT molecular complexity index is 107. The van der Waals surface area contributed by atoms with Gasteiger partial charge in [0, 0.05) is 13.6 Å². The summed E-state index contributed by atoms with van der Waals surface area (Å²) in [6.45, 7) is 2.70. The van der Waals surface area contributed by atoms with Crippen LogP contribution in [0.25, 0.3) is 0 Å². The summed E-state index contributed by atoms with van der Waals surface area (Å²) in [7, 11) is 1.63. The van der Waals surface area contributed by atoms with Crippen LogP contribution in [-0.2, 0) is 0 Å². The van der Waals surface area contributed by atoms with Crippen molar-refractivity contribution in [1.82, 2.24) is 0 Å². The van der Waals surface area contributed by atoms with Crippen LogP contribution in [-0.4, -0.2) is 25.0 Å². The lowest BCUT2D eigenvalue weighted by Crippen LogP contribution is -1.87. The average Bonchev–Trinajstić information content (AvgIpc) is 1.83. The van der Waals surface area contributed by atoms with Crippen LogP contribution in [0, 0.1) is 0 Å². The maximum atomic E-state index is 5.44. The Morgan fingerprint density at radius 2 is 2.38 bits per heavy atom. The third-order valence-electron chi connectivity index (χ3n) is 0.594. The smallest absolute Gasteiger partial charge is 0.141 e. The lowest BCUT2D eigenvalue weighted by Gasteiger charge is -1.80. The number of hydrogen-bond acceptors (Lipinski definition) is 2. The first kappa shape index (κ1) is 7.63. The van der Waals surface area contributed by atoms with E-state index in [0.29, 0.717) is 5.17 Å². The Morgan fingerprint density at radius 3 is 2.75 bits per heavy atom. The van der Waals surface area contributed by atoms with E-state index in [1.54, 1.807) is 13.3 Å². The molecule has 0 aromatic heterocycles. The standard InChI is InChI=1S/C5H9ClN2/c1-3-8-4-5(6)7-2/h4H,3H2,1-2H3/b7-5+,8-4-. The Kier molecular flexibility index (Phi) is 4.56. The van der Waals surface area contributed by atoms with E-state index in [-0.39, 0.29) is 0 Å². The Labute approximate surface area is 54.3 Å². The monoisotopic (exact) mass is 132 g/mol. The summed E-state index contributed by atoms with van der Waals surface area (Å²) in [5, 5.41) is 0.451. The first-order valence-electron chi connectivity index (χ1n) is 2.43. The fraction of sp³-hybridized carbons (Fsp3) is 0.600. The van der Waals surface area contributed by atoms with Gasteiger partial charge in [0.15, 0.2) is 0 Å². The van der Waals surface area contributed by atoms with Crippen LogP contribution >= 0.6 is 11.6 Å². The van der Waals surface area contributed by atoms with Gasteiger partial charge < -0.3 is 0 Å². The van der Waals surface area contributed by atoms with Gasteiger partial charge in [-0.15, -0.1) is 0 Å². The molecular weight excluding hydrogens is 124 g/mol. The molecule has 0 aliphatic heterocycles. The van der Waals surface area contributed by atoms with Gasteiger partial charge in [-0.1, -0.05) is 11.6 Å². The lowest BCUT2D eigenvalue weighted by molar-refractivity contribution is 1.14. The third-order valence-corrected chi connectivity index (χ3v) is 0.861. The zero-order valence-corrected chi connectivity index (χ0v) is 5.81. The molecule has 0 saturated heterocycles. The molecule has 0 saturated carbocycles. The quantitative estimate of drug-likeness (QED) is 0.507. The number of nitrogens with zero attached hydrogens (tertiary/aromatic N) is 2. The first-order chi connectivity index (χ1) is 3.81. The second-order valence-electron chi connectivity index (χ2n) is 1.17. The highest BCUT2D eigenvalue weighted by Crippen LogP contribution is 1.78. The summed E-state index contributed by atoms with van der Waals surface area (Å²) < 4.78 is 0. The van der Waals surface area contributed by atoms with Gasteiger partial charge in [-0.3, -0.25) is 9.98 Å². The van der Waals surface area contributed by atoms with Crippen molar-refractivity contribution in [3.8, 4) is 0 Å². The van der Waals surface area contributed by atoms with Crippen LogP contribution in [0.2, 0.25) is 0 Å². The maximum absolute atomic E-state index is 5.44. The van der Waals surface area contributed by atoms with Crippen LogP contribution < -0.4 is 0 Å². The van der Waals surface area contributed by atoms with Gasteiger partial charge in [0.1, 0.15) is 5.17 Å². The first-order valence-corrected chi connectivity index (χ1v) is 2.81. The van der Waals surface area contributed by atoms with Crippen LogP contribution in [0.4, 0.5) is 0 Å². The van der Waals surface area contributed by atoms with E-state index < -0.39 is 0 Å². The lowest BCUT2D eigenvalue weighted by atomic mass is 10.7. The molecule has 8 heavy (non-hydrogen) atoms. The Hall–Kier alpha value is -0.370. The molecule has 0 aliphatic carbocycles. The SMILES string of the molecule is CC/N=C\C(Cl)=N/C. The molecule has 46 valence electrons. The molecule has 3 heteroatoms. The summed E-state index contributed by atoms with van der Waals surface area (Å²) in [4.78, 5) is 7.51.